The van der Waals surface area contributed by atoms with Gasteiger partial charge in [0.2, 0.25) is 0 Å². The molecule has 0 atom stereocenters. The summed E-state index contributed by atoms with van der Waals surface area (Å²) in [5.41, 5.74) is 1.35. The molecule has 1 aromatic rings. The van der Waals surface area contributed by atoms with Gasteiger partial charge in [-0.1, -0.05) is 49.1 Å². The third-order valence-corrected chi connectivity index (χ3v) is 5.32. The maximum Gasteiger partial charge on any atom is 0.0775 e. The summed E-state index contributed by atoms with van der Waals surface area (Å²) >= 11 is 0. The molecule has 0 fully saturated rings. The standard InChI is InChI=1S/C16H30N2OSi/c1-18(2)11-13-19-12-10-17-14-15-6-8-16(9-7-15)20(3,4)5/h6-9,17H,10-14H2,1-5H3. The molecule has 0 bridgehead atoms. The number of rotatable bonds is 9. The van der Waals surface area contributed by atoms with Crippen molar-refractivity contribution in [3.8, 4) is 0 Å². The van der Waals surface area contributed by atoms with E-state index < -0.39 is 8.07 Å². The highest BCUT2D eigenvalue weighted by Gasteiger charge is 2.15. The van der Waals surface area contributed by atoms with Crippen LogP contribution < -0.4 is 10.5 Å². The molecule has 0 amide bonds. The van der Waals surface area contributed by atoms with Crippen LogP contribution in [-0.2, 0) is 11.3 Å². The fourth-order valence-corrected chi connectivity index (χ4v) is 3.02. The van der Waals surface area contributed by atoms with Crippen LogP contribution in [0, 0.1) is 0 Å². The topological polar surface area (TPSA) is 24.5 Å². The van der Waals surface area contributed by atoms with Gasteiger partial charge in [0.1, 0.15) is 0 Å². The van der Waals surface area contributed by atoms with Gasteiger partial charge in [-0.05, 0) is 19.7 Å². The molecule has 0 aliphatic heterocycles. The largest absolute Gasteiger partial charge is 0.379 e. The molecule has 0 aliphatic carbocycles. The minimum absolute atomic E-state index is 0.779. The Balaban J connectivity index is 2.16. The zero-order valence-electron chi connectivity index (χ0n) is 13.7. The second-order valence-electron chi connectivity index (χ2n) is 6.54. The lowest BCUT2D eigenvalue weighted by molar-refractivity contribution is 0.119. The van der Waals surface area contributed by atoms with E-state index in [1.807, 2.05) is 0 Å². The highest BCUT2D eigenvalue weighted by molar-refractivity contribution is 6.88. The Morgan fingerprint density at radius 2 is 1.70 bits per heavy atom. The first-order valence-electron chi connectivity index (χ1n) is 7.42. The molecule has 0 radical (unpaired) electrons. The van der Waals surface area contributed by atoms with Crippen molar-refractivity contribution < 1.29 is 4.74 Å². The lowest BCUT2D eigenvalue weighted by atomic mass is 10.2. The normalized spacial score (nSPS) is 12.1. The number of hydrogen-bond acceptors (Lipinski definition) is 3. The van der Waals surface area contributed by atoms with E-state index in [0.29, 0.717) is 0 Å². The summed E-state index contributed by atoms with van der Waals surface area (Å²) in [5.74, 6) is 0. The Bertz CT molecular complexity index is 371. The van der Waals surface area contributed by atoms with Crippen LogP contribution in [-0.4, -0.2) is 53.4 Å². The van der Waals surface area contributed by atoms with E-state index in [9.17, 15) is 0 Å². The van der Waals surface area contributed by atoms with Crippen LogP contribution in [0.2, 0.25) is 19.6 Å². The zero-order chi connectivity index (χ0) is 15.0. The molecule has 0 spiro atoms. The van der Waals surface area contributed by atoms with E-state index in [1.165, 1.54) is 10.8 Å². The Hall–Kier alpha value is -0.683. The minimum atomic E-state index is -1.16. The van der Waals surface area contributed by atoms with Crippen LogP contribution >= 0.6 is 0 Å². The number of nitrogens with one attached hydrogen (secondary N) is 1. The van der Waals surface area contributed by atoms with Crippen molar-refractivity contribution in [2.45, 2.75) is 26.2 Å². The lowest BCUT2D eigenvalue weighted by Gasteiger charge is -2.16. The maximum atomic E-state index is 5.55. The first-order valence-corrected chi connectivity index (χ1v) is 10.9. The van der Waals surface area contributed by atoms with E-state index in [0.717, 1.165) is 32.8 Å². The molecule has 4 heteroatoms. The number of likely N-dealkylation sites (N-methyl/N-ethyl adjacent to an activating group) is 1. The van der Waals surface area contributed by atoms with Gasteiger partial charge in [0.05, 0.1) is 21.3 Å². The molecule has 0 saturated heterocycles. The van der Waals surface area contributed by atoms with Crippen molar-refractivity contribution >= 4 is 13.3 Å². The first kappa shape index (κ1) is 17.4. The summed E-state index contributed by atoms with van der Waals surface area (Å²) in [7, 11) is 2.96. The van der Waals surface area contributed by atoms with Gasteiger partial charge >= 0.3 is 0 Å². The molecule has 3 nitrogen and oxygen atoms in total. The van der Waals surface area contributed by atoms with Crippen molar-refractivity contribution in [2.75, 3.05) is 40.4 Å². The Morgan fingerprint density at radius 3 is 2.25 bits per heavy atom. The predicted molar refractivity (Wildman–Crippen MR) is 90.5 cm³/mol. The average Bonchev–Trinajstić information content (AvgIpc) is 2.37. The highest BCUT2D eigenvalue weighted by Crippen LogP contribution is 2.04. The third-order valence-electron chi connectivity index (χ3n) is 3.26. The summed E-state index contributed by atoms with van der Waals surface area (Å²) in [6.45, 7) is 11.5. The molecule has 0 unspecified atom stereocenters. The third kappa shape index (κ3) is 7.19. The molecular weight excluding hydrogens is 264 g/mol. The van der Waals surface area contributed by atoms with E-state index >= 15 is 0 Å². The first-order chi connectivity index (χ1) is 9.39. The van der Waals surface area contributed by atoms with Crippen LogP contribution in [0.25, 0.3) is 0 Å². The van der Waals surface area contributed by atoms with Crippen LogP contribution in [0.3, 0.4) is 0 Å². The number of nitrogens with zero attached hydrogens (tertiary/aromatic N) is 1. The van der Waals surface area contributed by atoms with Crippen LogP contribution in [0.4, 0.5) is 0 Å². The highest BCUT2D eigenvalue weighted by atomic mass is 28.3. The predicted octanol–water partition coefficient (Wildman–Crippen LogP) is 1.90. The summed E-state index contributed by atoms with van der Waals surface area (Å²) in [5, 5.41) is 4.94. The average molecular weight is 295 g/mol. The Kier molecular flexibility index (Phi) is 7.44. The van der Waals surface area contributed by atoms with Gasteiger partial charge in [0.15, 0.2) is 0 Å². The molecule has 0 heterocycles. The van der Waals surface area contributed by atoms with Crippen molar-refractivity contribution in [2.24, 2.45) is 0 Å². The van der Waals surface area contributed by atoms with Crippen LogP contribution in [0.15, 0.2) is 24.3 Å². The van der Waals surface area contributed by atoms with Crippen LogP contribution in [0.5, 0.6) is 0 Å². The Labute approximate surface area is 125 Å². The van der Waals surface area contributed by atoms with Crippen molar-refractivity contribution in [3.63, 3.8) is 0 Å². The fourth-order valence-electron chi connectivity index (χ4n) is 1.85. The number of ether oxygens (including phenoxy) is 1. The second-order valence-corrected chi connectivity index (χ2v) is 11.6. The van der Waals surface area contributed by atoms with Gasteiger partial charge in [0.25, 0.3) is 0 Å². The monoisotopic (exact) mass is 294 g/mol. The second kappa shape index (κ2) is 8.57. The SMILES string of the molecule is CN(C)CCOCCNCc1ccc([Si](C)(C)C)cc1. The summed E-state index contributed by atoms with van der Waals surface area (Å²) in [6, 6.07) is 9.06. The van der Waals surface area contributed by atoms with Gasteiger partial charge in [0, 0.05) is 19.6 Å². The maximum absolute atomic E-state index is 5.55. The molecule has 20 heavy (non-hydrogen) atoms. The van der Waals surface area contributed by atoms with Gasteiger partial charge in [-0.2, -0.15) is 0 Å². The van der Waals surface area contributed by atoms with E-state index in [1.54, 1.807) is 0 Å². The quantitative estimate of drug-likeness (QED) is 0.556. The lowest BCUT2D eigenvalue weighted by Crippen LogP contribution is -2.37. The summed E-state index contributed by atoms with van der Waals surface area (Å²) in [4.78, 5) is 2.13. The van der Waals surface area contributed by atoms with Crippen molar-refractivity contribution in [3.05, 3.63) is 29.8 Å². The molecule has 0 aliphatic rings. The summed E-state index contributed by atoms with van der Waals surface area (Å²) in [6.07, 6.45) is 0. The molecule has 1 rings (SSSR count). The number of hydrogen-bond donors (Lipinski definition) is 1. The fraction of sp³-hybridized carbons (Fsp3) is 0.625. The zero-order valence-corrected chi connectivity index (χ0v) is 14.7. The van der Waals surface area contributed by atoms with Crippen molar-refractivity contribution in [1.82, 2.24) is 10.2 Å². The molecule has 0 saturated carbocycles. The van der Waals surface area contributed by atoms with Gasteiger partial charge in [-0.15, -0.1) is 0 Å². The molecule has 114 valence electrons. The van der Waals surface area contributed by atoms with E-state index in [2.05, 4.69) is 68.2 Å². The van der Waals surface area contributed by atoms with Crippen molar-refractivity contribution in [1.29, 1.82) is 0 Å². The minimum Gasteiger partial charge on any atom is -0.379 e. The van der Waals surface area contributed by atoms with E-state index in [4.69, 9.17) is 4.74 Å². The van der Waals surface area contributed by atoms with Gasteiger partial charge in [-0.3, -0.25) is 0 Å². The molecule has 1 aromatic carbocycles. The Morgan fingerprint density at radius 1 is 1.05 bits per heavy atom. The summed E-state index contributed by atoms with van der Waals surface area (Å²) < 4.78 is 5.55. The molecule has 1 N–H and O–H groups in total. The van der Waals surface area contributed by atoms with E-state index in [-0.39, 0.29) is 0 Å². The van der Waals surface area contributed by atoms with Gasteiger partial charge < -0.3 is 15.0 Å². The molecular formula is C16H30N2OSi. The van der Waals surface area contributed by atoms with Gasteiger partial charge in [-0.25, -0.2) is 0 Å². The smallest absolute Gasteiger partial charge is 0.0775 e. The number of benzene rings is 1. The van der Waals surface area contributed by atoms with Crippen LogP contribution in [0.1, 0.15) is 5.56 Å². The molecule has 0 aromatic heterocycles.